The quantitative estimate of drug-likeness (QED) is 0.674. The maximum absolute atomic E-state index is 13.5. The molecule has 3 aromatic rings. The summed E-state index contributed by atoms with van der Waals surface area (Å²) >= 11 is 0. The zero-order chi connectivity index (χ0) is 19.8. The summed E-state index contributed by atoms with van der Waals surface area (Å²) in [5, 5.41) is 3.70. The minimum absolute atomic E-state index is 0.0254. The molecule has 0 bridgehead atoms. The highest BCUT2D eigenvalue weighted by Crippen LogP contribution is 2.41. The van der Waals surface area contributed by atoms with Crippen molar-refractivity contribution < 1.29 is 26.0 Å². The first kappa shape index (κ1) is 18.9. The number of hydrogen-bond acceptors (Lipinski definition) is 3. The van der Waals surface area contributed by atoms with Crippen LogP contribution in [0.15, 0.2) is 59.5 Å². The second-order valence-corrected chi connectivity index (χ2v) is 7.30. The summed E-state index contributed by atoms with van der Waals surface area (Å²) in [6.45, 7) is 0. The molecule has 0 saturated heterocycles. The molecule has 1 heterocycles. The van der Waals surface area contributed by atoms with E-state index in [1.807, 2.05) is 0 Å². The second kappa shape index (κ2) is 6.69. The van der Waals surface area contributed by atoms with Gasteiger partial charge in [-0.15, -0.1) is 0 Å². The van der Waals surface area contributed by atoms with E-state index in [2.05, 4.69) is 9.82 Å². The Hall–Kier alpha value is -2.88. The smallest absolute Gasteiger partial charge is 0.261 e. The van der Waals surface area contributed by atoms with Gasteiger partial charge in [-0.2, -0.15) is 18.3 Å². The predicted octanol–water partition coefficient (Wildman–Crippen LogP) is 4.05. The minimum atomic E-state index is -4.80. The van der Waals surface area contributed by atoms with E-state index >= 15 is 0 Å². The van der Waals surface area contributed by atoms with Crippen molar-refractivity contribution in [1.29, 1.82) is 0 Å². The molecule has 1 N–H and O–H groups in total. The fourth-order valence-electron chi connectivity index (χ4n) is 2.60. The van der Waals surface area contributed by atoms with Crippen LogP contribution in [-0.4, -0.2) is 18.2 Å². The number of nitrogens with zero attached hydrogens (tertiary/aromatic N) is 2. The van der Waals surface area contributed by atoms with Crippen molar-refractivity contribution in [2.45, 2.75) is 11.1 Å². The third kappa shape index (κ3) is 3.80. The first-order chi connectivity index (χ1) is 12.6. The van der Waals surface area contributed by atoms with Crippen LogP contribution in [0.25, 0.3) is 11.1 Å². The monoisotopic (exact) mass is 399 g/mol. The summed E-state index contributed by atoms with van der Waals surface area (Å²) in [6, 6.07) is 11.4. The van der Waals surface area contributed by atoms with Crippen LogP contribution in [-0.2, 0) is 23.2 Å². The maximum atomic E-state index is 13.5. The molecule has 3 rings (SSSR count). The molecule has 0 spiro atoms. The van der Waals surface area contributed by atoms with E-state index in [4.69, 9.17) is 0 Å². The summed E-state index contributed by atoms with van der Waals surface area (Å²) in [7, 11) is -3.12. The summed E-state index contributed by atoms with van der Waals surface area (Å²) in [5.74, 6) is -1.14. The van der Waals surface area contributed by atoms with E-state index in [1.54, 1.807) is 6.07 Å². The number of alkyl halides is 3. The van der Waals surface area contributed by atoms with Crippen molar-refractivity contribution in [3.63, 3.8) is 0 Å². The van der Waals surface area contributed by atoms with Gasteiger partial charge in [-0.05, 0) is 29.8 Å². The molecule has 0 fully saturated rings. The molecular formula is C17H13F4N3O2S. The Balaban J connectivity index is 2.18. The number of hydrogen-bond donors (Lipinski definition) is 1. The Labute approximate surface area is 152 Å². The highest BCUT2D eigenvalue weighted by molar-refractivity contribution is 7.92. The third-order valence-corrected chi connectivity index (χ3v) is 5.09. The lowest BCUT2D eigenvalue weighted by Crippen LogP contribution is -2.14. The van der Waals surface area contributed by atoms with Crippen molar-refractivity contribution in [2.75, 3.05) is 4.72 Å². The van der Waals surface area contributed by atoms with E-state index < -0.39 is 39.1 Å². The Morgan fingerprint density at radius 1 is 1.00 bits per heavy atom. The van der Waals surface area contributed by atoms with Crippen molar-refractivity contribution in [3.05, 3.63) is 66.1 Å². The molecule has 0 aliphatic rings. The largest absolute Gasteiger partial charge is 0.433 e. The molecule has 0 radical (unpaired) electrons. The summed E-state index contributed by atoms with van der Waals surface area (Å²) in [4.78, 5) is -0.130. The Morgan fingerprint density at radius 2 is 1.59 bits per heavy atom. The highest BCUT2D eigenvalue weighted by Gasteiger charge is 2.40. The first-order valence-electron chi connectivity index (χ1n) is 7.57. The van der Waals surface area contributed by atoms with Crippen LogP contribution in [0.5, 0.6) is 0 Å². The van der Waals surface area contributed by atoms with Crippen molar-refractivity contribution in [3.8, 4) is 11.1 Å². The normalized spacial score (nSPS) is 12.2. The van der Waals surface area contributed by atoms with Gasteiger partial charge in [-0.1, -0.05) is 30.3 Å². The number of aryl methyl sites for hydroxylation is 1. The standard InChI is InChI=1S/C17H13F4N3O2S/c1-24-15(17(19,20)21)14(11-7-9-12(18)10-8-11)16(22-24)23-27(25,26)13-5-3-2-4-6-13/h2-10H,1H3,(H,22,23). The molecule has 142 valence electrons. The van der Waals surface area contributed by atoms with Gasteiger partial charge in [-0.3, -0.25) is 9.40 Å². The average molecular weight is 399 g/mol. The molecule has 0 saturated carbocycles. The van der Waals surface area contributed by atoms with Crippen LogP contribution in [0.4, 0.5) is 23.4 Å². The molecule has 0 unspecified atom stereocenters. The van der Waals surface area contributed by atoms with Crippen LogP contribution in [0.3, 0.4) is 0 Å². The molecule has 0 aliphatic heterocycles. The topological polar surface area (TPSA) is 64.0 Å². The van der Waals surface area contributed by atoms with Crippen LogP contribution in [0.1, 0.15) is 5.69 Å². The van der Waals surface area contributed by atoms with E-state index in [0.717, 1.165) is 31.3 Å². The van der Waals surface area contributed by atoms with E-state index in [0.29, 0.717) is 4.68 Å². The molecule has 10 heteroatoms. The third-order valence-electron chi connectivity index (χ3n) is 3.73. The lowest BCUT2D eigenvalue weighted by molar-refractivity contribution is -0.143. The maximum Gasteiger partial charge on any atom is 0.433 e. The van der Waals surface area contributed by atoms with Crippen molar-refractivity contribution in [2.24, 2.45) is 7.05 Å². The van der Waals surface area contributed by atoms with Crippen LogP contribution in [0.2, 0.25) is 0 Å². The fraction of sp³-hybridized carbons (Fsp3) is 0.118. The molecule has 0 atom stereocenters. The highest BCUT2D eigenvalue weighted by atomic mass is 32.2. The van der Waals surface area contributed by atoms with Crippen LogP contribution in [0, 0.1) is 5.82 Å². The van der Waals surface area contributed by atoms with Gasteiger partial charge in [0.2, 0.25) is 0 Å². The predicted molar refractivity (Wildman–Crippen MR) is 90.9 cm³/mol. The average Bonchev–Trinajstić information content (AvgIpc) is 2.92. The van der Waals surface area contributed by atoms with Crippen LogP contribution >= 0.6 is 0 Å². The summed E-state index contributed by atoms with van der Waals surface area (Å²) < 4.78 is 81.4. The molecular weight excluding hydrogens is 386 g/mol. The zero-order valence-electron chi connectivity index (χ0n) is 13.8. The molecule has 0 aliphatic carbocycles. The Kier molecular flexibility index (Phi) is 4.68. The number of halogens is 4. The molecule has 5 nitrogen and oxygen atoms in total. The number of anilines is 1. The van der Waals surface area contributed by atoms with Gasteiger partial charge in [0, 0.05) is 7.05 Å². The molecule has 2 aromatic carbocycles. The Morgan fingerprint density at radius 3 is 2.15 bits per heavy atom. The van der Waals surface area contributed by atoms with Gasteiger partial charge in [0.05, 0.1) is 10.5 Å². The Bertz CT molecular complexity index is 1060. The van der Waals surface area contributed by atoms with Crippen molar-refractivity contribution in [1.82, 2.24) is 9.78 Å². The SMILES string of the molecule is Cn1nc(NS(=O)(=O)c2ccccc2)c(-c2ccc(F)cc2)c1C(F)(F)F. The van der Waals surface area contributed by atoms with Gasteiger partial charge in [0.1, 0.15) is 5.82 Å². The second-order valence-electron chi connectivity index (χ2n) is 5.62. The number of nitrogens with one attached hydrogen (secondary N) is 1. The van der Waals surface area contributed by atoms with Gasteiger partial charge in [0.15, 0.2) is 11.5 Å². The van der Waals surface area contributed by atoms with Gasteiger partial charge >= 0.3 is 6.18 Å². The van der Waals surface area contributed by atoms with E-state index in [9.17, 15) is 26.0 Å². The van der Waals surface area contributed by atoms with E-state index in [-0.39, 0.29) is 10.5 Å². The van der Waals surface area contributed by atoms with Crippen LogP contribution < -0.4 is 4.72 Å². The lowest BCUT2D eigenvalue weighted by atomic mass is 10.1. The zero-order valence-corrected chi connectivity index (χ0v) is 14.6. The molecule has 0 amide bonds. The number of rotatable bonds is 4. The number of benzene rings is 2. The van der Waals surface area contributed by atoms with Gasteiger partial charge in [0.25, 0.3) is 10.0 Å². The number of sulfonamides is 1. The van der Waals surface area contributed by atoms with Gasteiger partial charge < -0.3 is 0 Å². The molecule has 1 aromatic heterocycles. The lowest BCUT2D eigenvalue weighted by Gasteiger charge is -2.11. The summed E-state index contributed by atoms with van der Waals surface area (Å²) in [5.41, 5.74) is -1.66. The fourth-order valence-corrected chi connectivity index (χ4v) is 3.63. The van der Waals surface area contributed by atoms with Crippen molar-refractivity contribution >= 4 is 15.8 Å². The molecule has 27 heavy (non-hydrogen) atoms. The summed E-state index contributed by atoms with van der Waals surface area (Å²) in [6.07, 6.45) is -4.80. The number of aromatic nitrogens is 2. The van der Waals surface area contributed by atoms with Gasteiger partial charge in [-0.25, -0.2) is 12.8 Å². The van der Waals surface area contributed by atoms with E-state index in [1.165, 1.54) is 24.3 Å². The minimum Gasteiger partial charge on any atom is -0.261 e. The first-order valence-corrected chi connectivity index (χ1v) is 9.06.